The molecule has 4 heterocycles. The zero-order valence-electron chi connectivity index (χ0n) is 14.2. The van der Waals surface area contributed by atoms with Crippen molar-refractivity contribution in [3.63, 3.8) is 0 Å². The van der Waals surface area contributed by atoms with Crippen molar-refractivity contribution in [1.82, 2.24) is 29.5 Å². The second-order valence-corrected chi connectivity index (χ2v) is 7.05. The summed E-state index contributed by atoms with van der Waals surface area (Å²) in [4.78, 5) is 17.3. The molecule has 0 aromatic carbocycles. The standard InChI is InChI=1S/C16H15FN8OS/c1-24-13-9(5-21-25(16(13)26)7-8(19)2-3-18)14-15(24)22-12(27-14)4-11-10(17)6-20-23-11/h2-3,5-6,18H,4,7,19H2,1H3,(H,20,23). The average molecular weight is 386 g/mol. The van der Waals surface area contributed by atoms with Gasteiger partial charge < -0.3 is 15.7 Å². The molecule has 0 bridgehead atoms. The van der Waals surface area contributed by atoms with Gasteiger partial charge in [-0.1, -0.05) is 0 Å². The van der Waals surface area contributed by atoms with Crippen LogP contribution in [0.25, 0.3) is 21.3 Å². The van der Waals surface area contributed by atoms with Crippen molar-refractivity contribution in [3.05, 3.63) is 51.0 Å². The van der Waals surface area contributed by atoms with E-state index in [-0.39, 0.29) is 12.1 Å². The van der Waals surface area contributed by atoms with Crippen molar-refractivity contribution in [2.24, 2.45) is 12.8 Å². The predicted molar refractivity (Wildman–Crippen MR) is 101 cm³/mol. The normalized spacial score (nSPS) is 12.3. The first kappa shape index (κ1) is 17.1. The summed E-state index contributed by atoms with van der Waals surface area (Å²) in [6, 6.07) is 0. The minimum atomic E-state index is -0.403. The van der Waals surface area contributed by atoms with Gasteiger partial charge in [0, 0.05) is 30.8 Å². The molecule has 9 nitrogen and oxygen atoms in total. The third kappa shape index (κ3) is 2.81. The van der Waals surface area contributed by atoms with Crippen molar-refractivity contribution < 1.29 is 4.39 Å². The highest BCUT2D eigenvalue weighted by Crippen LogP contribution is 2.31. The molecule has 27 heavy (non-hydrogen) atoms. The first-order chi connectivity index (χ1) is 13.0. The molecule has 138 valence electrons. The Morgan fingerprint density at radius 3 is 3.00 bits per heavy atom. The molecule has 0 spiro atoms. The number of aromatic nitrogens is 6. The van der Waals surface area contributed by atoms with Crippen LogP contribution in [0.2, 0.25) is 0 Å². The van der Waals surface area contributed by atoms with Gasteiger partial charge in [0.05, 0.1) is 29.3 Å². The minimum Gasteiger partial charge on any atom is -0.400 e. The molecule has 0 radical (unpaired) electrons. The van der Waals surface area contributed by atoms with Crippen LogP contribution in [-0.4, -0.2) is 35.7 Å². The first-order valence-corrected chi connectivity index (χ1v) is 8.78. The lowest BCUT2D eigenvalue weighted by Crippen LogP contribution is -2.26. The first-order valence-electron chi connectivity index (χ1n) is 7.96. The van der Waals surface area contributed by atoms with Gasteiger partial charge in [0.1, 0.15) is 10.5 Å². The smallest absolute Gasteiger partial charge is 0.291 e. The van der Waals surface area contributed by atoms with E-state index in [1.54, 1.807) is 17.8 Å². The Morgan fingerprint density at radius 2 is 2.30 bits per heavy atom. The number of nitrogens with zero attached hydrogens (tertiary/aromatic N) is 5. The number of thiazole rings is 1. The van der Waals surface area contributed by atoms with Crippen LogP contribution in [0.1, 0.15) is 10.7 Å². The van der Waals surface area contributed by atoms with Crippen LogP contribution in [0.3, 0.4) is 0 Å². The maximum Gasteiger partial charge on any atom is 0.291 e. The molecule has 4 N–H and O–H groups in total. The number of rotatable bonds is 5. The summed E-state index contributed by atoms with van der Waals surface area (Å²) in [5.74, 6) is -0.403. The zero-order chi connectivity index (χ0) is 19.1. The lowest BCUT2D eigenvalue weighted by Gasteiger charge is -2.05. The molecule has 0 saturated heterocycles. The number of H-pyrrole nitrogens is 1. The van der Waals surface area contributed by atoms with Gasteiger partial charge in [-0.2, -0.15) is 10.2 Å². The fraction of sp³-hybridized carbons (Fsp3) is 0.188. The number of hydrogen-bond acceptors (Lipinski definition) is 7. The van der Waals surface area contributed by atoms with Gasteiger partial charge in [-0.25, -0.2) is 14.1 Å². The Kier molecular flexibility index (Phi) is 4.07. The van der Waals surface area contributed by atoms with E-state index in [4.69, 9.17) is 11.1 Å². The lowest BCUT2D eigenvalue weighted by molar-refractivity contribution is 0.614. The van der Waals surface area contributed by atoms with Gasteiger partial charge in [-0.3, -0.25) is 9.89 Å². The number of nitrogens with one attached hydrogen (secondary N) is 2. The largest absolute Gasteiger partial charge is 0.400 e. The number of aromatic amines is 1. The number of halogens is 1. The molecule has 0 atom stereocenters. The van der Waals surface area contributed by atoms with Gasteiger partial charge >= 0.3 is 0 Å². The topological polar surface area (TPSA) is 131 Å². The van der Waals surface area contributed by atoms with E-state index in [1.165, 1.54) is 22.1 Å². The highest BCUT2D eigenvalue weighted by Gasteiger charge is 2.19. The van der Waals surface area contributed by atoms with E-state index in [9.17, 15) is 9.18 Å². The average Bonchev–Trinajstić information content (AvgIpc) is 3.29. The molecule has 0 amide bonds. The van der Waals surface area contributed by atoms with Crippen LogP contribution in [0.4, 0.5) is 4.39 Å². The quantitative estimate of drug-likeness (QED) is 0.445. The van der Waals surface area contributed by atoms with Gasteiger partial charge in [0.25, 0.3) is 5.56 Å². The second kappa shape index (κ2) is 6.43. The molecule has 0 unspecified atom stereocenters. The van der Waals surface area contributed by atoms with Crippen LogP contribution < -0.4 is 11.3 Å². The van der Waals surface area contributed by atoms with Crippen molar-refractivity contribution in [2.75, 3.05) is 0 Å². The third-order valence-electron chi connectivity index (χ3n) is 4.19. The Morgan fingerprint density at radius 1 is 1.48 bits per heavy atom. The van der Waals surface area contributed by atoms with E-state index in [0.29, 0.717) is 39.4 Å². The highest BCUT2D eigenvalue weighted by atomic mass is 32.1. The molecule has 0 aliphatic heterocycles. The summed E-state index contributed by atoms with van der Waals surface area (Å²) in [5.41, 5.74) is 7.33. The van der Waals surface area contributed by atoms with E-state index in [1.807, 2.05) is 0 Å². The molecular weight excluding hydrogens is 371 g/mol. The van der Waals surface area contributed by atoms with E-state index < -0.39 is 5.82 Å². The zero-order valence-corrected chi connectivity index (χ0v) is 15.0. The monoisotopic (exact) mass is 386 g/mol. The van der Waals surface area contributed by atoms with E-state index in [0.717, 1.165) is 17.1 Å². The van der Waals surface area contributed by atoms with Crippen molar-refractivity contribution >= 4 is 38.8 Å². The minimum absolute atomic E-state index is 0.0980. The number of aryl methyl sites for hydroxylation is 1. The number of allylic oxidation sites excluding steroid dienone is 2. The maximum atomic E-state index is 13.6. The number of fused-ring (bicyclic) bond motifs is 3. The molecule has 4 aromatic heterocycles. The van der Waals surface area contributed by atoms with Crippen molar-refractivity contribution in [2.45, 2.75) is 13.0 Å². The fourth-order valence-corrected chi connectivity index (χ4v) is 4.04. The van der Waals surface area contributed by atoms with Crippen LogP contribution in [0.5, 0.6) is 0 Å². The molecule has 0 fully saturated rings. The summed E-state index contributed by atoms with van der Waals surface area (Å²) in [7, 11) is 1.76. The Bertz CT molecular complexity index is 1260. The van der Waals surface area contributed by atoms with Gasteiger partial charge in [0.2, 0.25) is 0 Å². The molecular formula is C16H15FN8OS. The summed E-state index contributed by atoms with van der Waals surface area (Å²) < 4.78 is 17.4. The summed E-state index contributed by atoms with van der Waals surface area (Å²) in [6.45, 7) is 0.0980. The predicted octanol–water partition coefficient (Wildman–Crippen LogP) is 1.29. The van der Waals surface area contributed by atoms with E-state index in [2.05, 4.69) is 20.3 Å². The molecule has 4 rings (SSSR count). The highest BCUT2D eigenvalue weighted by molar-refractivity contribution is 7.19. The number of hydrogen-bond donors (Lipinski definition) is 3. The summed E-state index contributed by atoms with van der Waals surface area (Å²) in [6.07, 6.45) is 5.50. The molecule has 0 aliphatic rings. The Labute approximate surface area is 155 Å². The maximum absolute atomic E-state index is 13.6. The van der Waals surface area contributed by atoms with Crippen LogP contribution in [-0.2, 0) is 20.0 Å². The summed E-state index contributed by atoms with van der Waals surface area (Å²) >= 11 is 1.39. The molecule has 0 saturated carbocycles. The van der Waals surface area contributed by atoms with Gasteiger partial charge in [-0.05, 0) is 6.08 Å². The summed E-state index contributed by atoms with van der Waals surface area (Å²) in [5, 5.41) is 18.9. The van der Waals surface area contributed by atoms with Crippen molar-refractivity contribution in [3.8, 4) is 0 Å². The van der Waals surface area contributed by atoms with Gasteiger partial charge in [-0.15, -0.1) is 11.3 Å². The van der Waals surface area contributed by atoms with Crippen LogP contribution >= 0.6 is 11.3 Å². The molecule has 4 aromatic rings. The molecule has 0 aliphatic carbocycles. The lowest BCUT2D eigenvalue weighted by atomic mass is 10.3. The Balaban J connectivity index is 1.80. The Hall–Kier alpha value is -3.34. The molecule has 11 heteroatoms. The van der Waals surface area contributed by atoms with Crippen LogP contribution in [0, 0.1) is 11.2 Å². The SMILES string of the molecule is Cn1c2nc(Cc3[nH]ncc3F)sc2c2cnn(CC(N)=CC=N)c(=O)c21. The fourth-order valence-electron chi connectivity index (χ4n) is 2.93. The van der Waals surface area contributed by atoms with Crippen molar-refractivity contribution in [1.29, 1.82) is 5.41 Å². The third-order valence-corrected chi connectivity index (χ3v) is 5.27. The second-order valence-electron chi connectivity index (χ2n) is 5.97. The van der Waals surface area contributed by atoms with Gasteiger partial charge in [0.15, 0.2) is 11.5 Å². The van der Waals surface area contributed by atoms with E-state index >= 15 is 0 Å². The number of nitrogens with two attached hydrogens (primary N) is 1. The van der Waals surface area contributed by atoms with Crippen LogP contribution in [0.15, 0.2) is 29.0 Å².